The van der Waals surface area contributed by atoms with Gasteiger partial charge in [-0.1, -0.05) is 69.7 Å². The first-order valence-electron chi connectivity index (χ1n) is 14.6. The molecule has 0 aliphatic carbocycles. The van der Waals surface area contributed by atoms with E-state index >= 15 is 0 Å². The zero-order chi connectivity index (χ0) is 27.9. The zero-order valence-corrected chi connectivity index (χ0v) is 24.3. The molecular weight excluding hydrogens is 510 g/mol. The molecule has 0 unspecified atom stereocenters. The monoisotopic (exact) mass is 555 g/mol. The first-order valence-corrected chi connectivity index (χ1v) is 16.2. The predicted octanol–water partition coefficient (Wildman–Crippen LogP) is 5.26. The van der Waals surface area contributed by atoms with E-state index in [1.807, 2.05) is 34.0 Å². The van der Waals surface area contributed by atoms with E-state index in [4.69, 9.17) is 0 Å². The summed E-state index contributed by atoms with van der Waals surface area (Å²) in [6.45, 7) is 6.25. The molecule has 0 N–H and O–H groups in total. The minimum atomic E-state index is -4.13. The van der Waals surface area contributed by atoms with E-state index in [0.29, 0.717) is 31.7 Å². The van der Waals surface area contributed by atoms with Gasteiger partial charge in [0.1, 0.15) is 6.54 Å². The Labute approximate surface area is 235 Å². The van der Waals surface area contributed by atoms with Crippen LogP contribution in [0.4, 0.5) is 5.69 Å². The van der Waals surface area contributed by atoms with E-state index in [2.05, 4.69) is 48.2 Å². The second-order valence-electron chi connectivity index (χ2n) is 10.5. The summed E-state index contributed by atoms with van der Waals surface area (Å²) in [7, 11) is -4.13. The lowest BCUT2D eigenvalue weighted by Gasteiger charge is -2.36. The summed E-state index contributed by atoms with van der Waals surface area (Å²) in [5.74, 6) is 0.00686. The van der Waals surface area contributed by atoms with Gasteiger partial charge in [-0.05, 0) is 36.1 Å². The van der Waals surface area contributed by atoms with Crippen LogP contribution in [0.25, 0.3) is 12.2 Å². The molecule has 0 spiro atoms. The highest BCUT2D eigenvalue weighted by Crippen LogP contribution is 2.19. The molecule has 1 amide bonds. The summed E-state index contributed by atoms with van der Waals surface area (Å²) in [5, 5.41) is 0. The molecule has 39 heavy (non-hydrogen) atoms. The first kappa shape index (κ1) is 30.8. The number of nitrogens with zero attached hydrogens (tertiary/aromatic N) is 3. The van der Waals surface area contributed by atoms with E-state index in [1.165, 1.54) is 44.2 Å². The normalized spacial score (nSPS) is 14.3. The second-order valence-corrected chi connectivity index (χ2v) is 12.0. The van der Waals surface area contributed by atoms with Crippen LogP contribution in [0.3, 0.4) is 0 Å². The number of unbranched alkanes of at least 4 members (excludes halogenated alkanes) is 7. The Hall–Kier alpha value is -2.71. The molecule has 7 nitrogen and oxygen atoms in total. The first-order chi connectivity index (χ1) is 18.8. The fraction of sp³-hybridized carbons (Fsp3) is 0.548. The summed E-state index contributed by atoms with van der Waals surface area (Å²) < 4.78 is 34.1. The van der Waals surface area contributed by atoms with Crippen LogP contribution in [-0.4, -0.2) is 55.7 Å². The van der Waals surface area contributed by atoms with E-state index < -0.39 is 10.1 Å². The summed E-state index contributed by atoms with van der Waals surface area (Å²) in [6.07, 6.45) is 18.4. The van der Waals surface area contributed by atoms with Crippen molar-refractivity contribution in [2.24, 2.45) is 0 Å². The van der Waals surface area contributed by atoms with E-state index in [-0.39, 0.29) is 5.75 Å². The van der Waals surface area contributed by atoms with Gasteiger partial charge in [0.2, 0.25) is 5.91 Å². The van der Waals surface area contributed by atoms with Crippen LogP contribution in [0.1, 0.15) is 82.3 Å². The molecular formula is C31H45N3O4S. The van der Waals surface area contributed by atoms with Gasteiger partial charge in [-0.25, -0.2) is 13.0 Å². The highest BCUT2D eigenvalue weighted by molar-refractivity contribution is 7.85. The third-order valence-corrected chi connectivity index (χ3v) is 8.12. The van der Waals surface area contributed by atoms with Gasteiger partial charge in [-0.3, -0.25) is 4.79 Å². The maximum absolute atomic E-state index is 12.6. The van der Waals surface area contributed by atoms with E-state index in [1.54, 1.807) is 0 Å². The van der Waals surface area contributed by atoms with Crippen LogP contribution in [0.15, 0.2) is 48.8 Å². The SMILES string of the molecule is CCCCCCCCCC(=O)N1CCN(c2ccc(/C=C/c3cc[n+](CCCCS(=O)(=O)[O-])cc3)cc2)CC1. The number of aryl methyl sites for hydroxylation is 1. The summed E-state index contributed by atoms with van der Waals surface area (Å²) in [4.78, 5) is 17.0. The maximum Gasteiger partial charge on any atom is 0.222 e. The number of hydrogen-bond donors (Lipinski definition) is 0. The highest BCUT2D eigenvalue weighted by atomic mass is 32.2. The number of hydrogen-bond acceptors (Lipinski definition) is 5. The highest BCUT2D eigenvalue weighted by Gasteiger charge is 2.20. The fourth-order valence-electron chi connectivity index (χ4n) is 4.90. The molecule has 1 aliphatic heterocycles. The van der Waals surface area contributed by atoms with Crippen molar-refractivity contribution in [3.05, 3.63) is 59.9 Å². The Balaban J connectivity index is 1.36. The molecule has 2 heterocycles. The second kappa shape index (κ2) is 16.4. The quantitative estimate of drug-likeness (QED) is 0.160. The van der Waals surface area contributed by atoms with Crippen molar-refractivity contribution in [1.29, 1.82) is 0 Å². The molecule has 1 aromatic heterocycles. The molecule has 1 aromatic carbocycles. The maximum atomic E-state index is 12.6. The molecule has 1 fully saturated rings. The van der Waals surface area contributed by atoms with Gasteiger partial charge >= 0.3 is 0 Å². The van der Waals surface area contributed by atoms with Crippen LogP contribution < -0.4 is 9.47 Å². The fourth-order valence-corrected chi connectivity index (χ4v) is 5.45. The smallest absolute Gasteiger partial charge is 0.222 e. The Morgan fingerprint density at radius 1 is 0.821 bits per heavy atom. The van der Waals surface area contributed by atoms with E-state index in [9.17, 15) is 17.8 Å². The van der Waals surface area contributed by atoms with Crippen LogP contribution in [0.5, 0.6) is 0 Å². The molecule has 1 aliphatic rings. The molecule has 8 heteroatoms. The summed E-state index contributed by atoms with van der Waals surface area (Å²) in [6, 6.07) is 12.6. The molecule has 1 saturated heterocycles. The van der Waals surface area contributed by atoms with Gasteiger partial charge in [0.15, 0.2) is 12.4 Å². The predicted molar refractivity (Wildman–Crippen MR) is 157 cm³/mol. The Morgan fingerprint density at radius 3 is 2.03 bits per heavy atom. The largest absolute Gasteiger partial charge is 0.748 e. The summed E-state index contributed by atoms with van der Waals surface area (Å²) >= 11 is 0. The van der Waals surface area contributed by atoms with Crippen molar-refractivity contribution in [3.63, 3.8) is 0 Å². The Morgan fingerprint density at radius 2 is 1.41 bits per heavy atom. The third kappa shape index (κ3) is 11.9. The molecule has 214 valence electrons. The van der Waals surface area contributed by atoms with Gasteiger partial charge in [0.05, 0.1) is 10.1 Å². The lowest BCUT2D eigenvalue weighted by Crippen LogP contribution is -2.48. The minimum absolute atomic E-state index is 0.303. The molecule has 3 rings (SSSR count). The number of carbonyl (C=O) groups excluding carboxylic acids is 1. The van der Waals surface area contributed by atoms with Crippen molar-refractivity contribution in [3.8, 4) is 0 Å². The Kier molecular flexibility index (Phi) is 13.0. The number of rotatable bonds is 16. The van der Waals surface area contributed by atoms with Crippen molar-refractivity contribution in [2.45, 2.75) is 77.7 Å². The lowest BCUT2D eigenvalue weighted by atomic mass is 10.1. The average Bonchev–Trinajstić information content (AvgIpc) is 2.94. The number of piperazine rings is 1. The van der Waals surface area contributed by atoms with Crippen LogP contribution in [0.2, 0.25) is 0 Å². The Bertz CT molecular complexity index is 1120. The number of anilines is 1. The standard InChI is InChI=1S/C31H45N3O4S/c1-2-3-4-5-6-7-8-11-31(35)34-25-23-33(24-26-34)30-16-14-28(15-17-30)12-13-29-18-21-32(22-19-29)20-9-10-27-39(36,37)38/h12-19,21-22H,2-11,20,23-27H2,1H3. The lowest BCUT2D eigenvalue weighted by molar-refractivity contribution is -0.697. The molecule has 0 saturated carbocycles. The van der Waals surface area contributed by atoms with Gasteiger partial charge < -0.3 is 14.4 Å². The zero-order valence-electron chi connectivity index (χ0n) is 23.5. The van der Waals surface area contributed by atoms with Gasteiger partial charge in [0.25, 0.3) is 0 Å². The topological polar surface area (TPSA) is 84.6 Å². The van der Waals surface area contributed by atoms with Crippen molar-refractivity contribution >= 4 is 33.9 Å². The average molecular weight is 556 g/mol. The van der Waals surface area contributed by atoms with Crippen LogP contribution >= 0.6 is 0 Å². The van der Waals surface area contributed by atoms with E-state index in [0.717, 1.165) is 43.7 Å². The number of amides is 1. The van der Waals surface area contributed by atoms with Crippen molar-refractivity contribution in [1.82, 2.24) is 4.90 Å². The number of benzene rings is 1. The molecule has 0 radical (unpaired) electrons. The molecule has 0 bridgehead atoms. The van der Waals surface area contributed by atoms with Crippen LogP contribution in [-0.2, 0) is 21.5 Å². The third-order valence-electron chi connectivity index (χ3n) is 7.33. The minimum Gasteiger partial charge on any atom is -0.748 e. The molecule has 2 aromatic rings. The van der Waals surface area contributed by atoms with Crippen molar-refractivity contribution in [2.75, 3.05) is 36.8 Å². The van der Waals surface area contributed by atoms with Crippen LogP contribution in [0, 0.1) is 0 Å². The number of pyridine rings is 1. The van der Waals surface area contributed by atoms with Gasteiger partial charge in [-0.2, -0.15) is 0 Å². The number of aromatic nitrogens is 1. The van der Waals surface area contributed by atoms with Gasteiger partial charge in [0, 0.05) is 62.6 Å². The number of carbonyl (C=O) groups is 1. The summed E-state index contributed by atoms with van der Waals surface area (Å²) in [5.41, 5.74) is 3.39. The molecule has 0 atom stereocenters. The van der Waals surface area contributed by atoms with Gasteiger partial charge in [-0.15, -0.1) is 0 Å². The van der Waals surface area contributed by atoms with Crippen molar-refractivity contribution < 1.29 is 22.3 Å².